The van der Waals surface area contributed by atoms with Crippen LogP contribution in [0.25, 0.3) is 0 Å². The minimum Gasteiger partial charge on any atom is -0.473 e. The van der Waals surface area contributed by atoms with E-state index in [4.69, 9.17) is 9.47 Å². The van der Waals surface area contributed by atoms with Crippen LogP contribution >= 0.6 is 23.5 Å². The van der Waals surface area contributed by atoms with Crippen LogP contribution in [0.1, 0.15) is 51.9 Å². The third kappa shape index (κ3) is 4.45. The number of hydrogen-bond acceptors (Lipinski definition) is 9. The predicted octanol–water partition coefficient (Wildman–Crippen LogP) is 2.85. The van der Waals surface area contributed by atoms with E-state index in [9.17, 15) is 24.6 Å². The van der Waals surface area contributed by atoms with Crippen molar-refractivity contribution in [2.45, 2.75) is 92.0 Å². The SMILES string of the molecule is CCCCC[C@H](O)CC(=O)O[C@H]1C=COC=C2C[C@@]3(SC)C(=O)N4[C@H]5C(=CC=C[C@@H]5O)C[C@@]4(SC)C(=O)N3[C@@H]21. The van der Waals surface area contributed by atoms with Gasteiger partial charge in [0, 0.05) is 12.8 Å². The van der Waals surface area contributed by atoms with Crippen molar-refractivity contribution in [3.05, 3.63) is 48.0 Å². The zero-order chi connectivity index (χ0) is 27.9. The first-order valence-electron chi connectivity index (χ1n) is 13.5. The van der Waals surface area contributed by atoms with Crippen LogP contribution in [-0.2, 0) is 23.9 Å². The van der Waals surface area contributed by atoms with Gasteiger partial charge >= 0.3 is 5.97 Å². The number of rotatable bonds is 9. The van der Waals surface area contributed by atoms with Gasteiger partial charge in [-0.2, -0.15) is 0 Å². The molecular formula is C28H36N2O7S2. The summed E-state index contributed by atoms with van der Waals surface area (Å²) in [6.45, 7) is 2.07. The Kier molecular flexibility index (Phi) is 7.98. The Morgan fingerprint density at radius 2 is 1.77 bits per heavy atom. The first kappa shape index (κ1) is 28.3. The molecule has 3 saturated heterocycles. The van der Waals surface area contributed by atoms with Gasteiger partial charge in [-0.05, 0) is 36.2 Å². The fourth-order valence-electron chi connectivity index (χ4n) is 6.52. The van der Waals surface area contributed by atoms with Gasteiger partial charge in [0.25, 0.3) is 11.8 Å². The van der Waals surface area contributed by atoms with E-state index < -0.39 is 46.1 Å². The quantitative estimate of drug-likeness (QED) is 0.316. The Labute approximate surface area is 237 Å². The van der Waals surface area contributed by atoms with Gasteiger partial charge in [0.2, 0.25) is 0 Å². The maximum absolute atomic E-state index is 14.6. The molecule has 0 aromatic heterocycles. The molecule has 4 aliphatic heterocycles. The summed E-state index contributed by atoms with van der Waals surface area (Å²) in [6.07, 6.45) is 14.5. The van der Waals surface area contributed by atoms with Crippen LogP contribution in [0.3, 0.4) is 0 Å². The lowest BCUT2D eigenvalue weighted by Crippen LogP contribution is -2.74. The molecule has 5 rings (SSSR count). The lowest BCUT2D eigenvalue weighted by molar-refractivity contribution is -0.170. The number of carbonyl (C=O) groups excluding carboxylic acids is 3. The number of allylic oxidation sites excluding steroid dienone is 2. The minimum atomic E-state index is -1.28. The molecule has 0 bridgehead atoms. The van der Waals surface area contributed by atoms with Gasteiger partial charge in [-0.25, -0.2) is 0 Å². The van der Waals surface area contributed by atoms with Crippen molar-refractivity contribution < 1.29 is 34.1 Å². The van der Waals surface area contributed by atoms with Crippen LogP contribution in [0.15, 0.2) is 48.0 Å². The number of unbranched alkanes of at least 4 members (excludes halogenated alkanes) is 2. The second kappa shape index (κ2) is 11.0. The molecule has 7 atom stereocenters. The van der Waals surface area contributed by atoms with E-state index in [1.165, 1.54) is 36.0 Å². The first-order chi connectivity index (χ1) is 18.7. The summed E-state index contributed by atoms with van der Waals surface area (Å²) < 4.78 is 11.4. The van der Waals surface area contributed by atoms with E-state index in [-0.39, 0.29) is 24.7 Å². The van der Waals surface area contributed by atoms with Crippen molar-refractivity contribution in [3.8, 4) is 0 Å². The Morgan fingerprint density at radius 3 is 2.44 bits per heavy atom. The molecule has 5 aliphatic rings. The average molecular weight is 577 g/mol. The molecule has 2 amide bonds. The molecule has 9 nitrogen and oxygen atoms in total. The van der Waals surface area contributed by atoms with Crippen molar-refractivity contribution >= 4 is 41.3 Å². The number of fused-ring (bicyclic) bond motifs is 6. The van der Waals surface area contributed by atoms with Crippen molar-refractivity contribution in [2.75, 3.05) is 12.5 Å². The van der Waals surface area contributed by atoms with E-state index in [2.05, 4.69) is 6.92 Å². The maximum Gasteiger partial charge on any atom is 0.309 e. The fraction of sp³-hybridized carbons (Fsp3) is 0.607. The van der Waals surface area contributed by atoms with Crippen molar-refractivity contribution in [1.82, 2.24) is 9.80 Å². The third-order valence-corrected chi connectivity index (χ3v) is 10.8. The van der Waals surface area contributed by atoms with Gasteiger partial charge in [0.15, 0.2) is 9.74 Å². The lowest BCUT2D eigenvalue weighted by Gasteiger charge is -2.54. The van der Waals surface area contributed by atoms with Crippen LogP contribution < -0.4 is 0 Å². The van der Waals surface area contributed by atoms with Gasteiger partial charge < -0.3 is 29.5 Å². The first-order valence-corrected chi connectivity index (χ1v) is 15.9. The number of thioether (sulfide) groups is 2. The Bertz CT molecular complexity index is 1150. The molecular weight excluding hydrogens is 540 g/mol. The number of ether oxygens (including phenoxy) is 2. The number of esters is 1. The summed E-state index contributed by atoms with van der Waals surface area (Å²) in [7, 11) is 0. The van der Waals surface area contributed by atoms with Crippen LogP contribution in [0.4, 0.5) is 0 Å². The molecule has 2 N–H and O–H groups in total. The summed E-state index contributed by atoms with van der Waals surface area (Å²) in [5.41, 5.74) is 1.52. The second-order valence-electron chi connectivity index (χ2n) is 10.7. The fourth-order valence-corrected chi connectivity index (χ4v) is 8.48. The van der Waals surface area contributed by atoms with Crippen molar-refractivity contribution in [2.24, 2.45) is 0 Å². The highest BCUT2D eigenvalue weighted by atomic mass is 32.2. The van der Waals surface area contributed by atoms with E-state index in [0.29, 0.717) is 18.4 Å². The molecule has 4 heterocycles. The zero-order valence-electron chi connectivity index (χ0n) is 22.4. The summed E-state index contributed by atoms with van der Waals surface area (Å²) in [5, 5.41) is 21.2. The number of nitrogens with zero attached hydrogens (tertiary/aromatic N) is 2. The van der Waals surface area contributed by atoms with Crippen LogP contribution in [0.5, 0.6) is 0 Å². The smallest absolute Gasteiger partial charge is 0.309 e. The minimum absolute atomic E-state index is 0.148. The normalized spacial score (nSPS) is 35.3. The van der Waals surface area contributed by atoms with Crippen LogP contribution in [0, 0.1) is 0 Å². The lowest BCUT2D eigenvalue weighted by atomic mass is 9.96. The number of hydrogen-bond donors (Lipinski definition) is 2. The number of aliphatic hydroxyl groups excluding tert-OH is 2. The van der Waals surface area contributed by atoms with Crippen LogP contribution in [-0.4, -0.2) is 90.4 Å². The van der Waals surface area contributed by atoms with Gasteiger partial charge in [-0.15, -0.1) is 23.5 Å². The molecule has 1 aliphatic carbocycles. The van der Waals surface area contributed by atoms with Gasteiger partial charge in [0.05, 0.1) is 43.2 Å². The standard InChI is InChI=1S/C28H36N2O7S2/c1-4-5-6-9-19(31)13-22(33)37-21-11-12-36-16-18-15-28(39-3)25(34)29-23-17(8-7-10-20(23)32)14-27(29,38-2)26(35)30(28)24(18)21/h7-8,10-12,16,19-21,23-24,31-32H,4-6,9,13-15H2,1-3H3/t19-,20-,21-,23-,24-,27+,28+/m0/s1. The summed E-state index contributed by atoms with van der Waals surface area (Å²) in [5.74, 6) is -1.07. The highest BCUT2D eigenvalue weighted by Gasteiger charge is 2.72. The van der Waals surface area contributed by atoms with Gasteiger partial charge in [0.1, 0.15) is 6.10 Å². The van der Waals surface area contributed by atoms with E-state index >= 15 is 0 Å². The molecule has 0 spiro atoms. The molecule has 0 aromatic carbocycles. The van der Waals surface area contributed by atoms with E-state index in [1.807, 2.05) is 12.3 Å². The van der Waals surface area contributed by atoms with E-state index in [0.717, 1.165) is 24.8 Å². The van der Waals surface area contributed by atoms with Crippen molar-refractivity contribution in [3.63, 3.8) is 0 Å². The highest BCUT2D eigenvalue weighted by Crippen LogP contribution is 2.59. The highest BCUT2D eigenvalue weighted by molar-refractivity contribution is 8.01. The molecule has 212 valence electrons. The summed E-state index contributed by atoms with van der Waals surface area (Å²) >= 11 is 2.57. The zero-order valence-corrected chi connectivity index (χ0v) is 24.1. The number of amides is 2. The topological polar surface area (TPSA) is 117 Å². The molecule has 0 unspecified atom stereocenters. The molecule has 0 saturated carbocycles. The van der Waals surface area contributed by atoms with Gasteiger partial charge in [-0.1, -0.05) is 44.4 Å². The number of carbonyl (C=O) groups is 3. The molecule has 39 heavy (non-hydrogen) atoms. The summed E-state index contributed by atoms with van der Waals surface area (Å²) in [4.78, 5) is 42.7. The van der Waals surface area contributed by atoms with Crippen molar-refractivity contribution in [1.29, 1.82) is 0 Å². The average Bonchev–Trinajstić information content (AvgIpc) is 3.38. The molecule has 0 radical (unpaired) electrons. The van der Waals surface area contributed by atoms with Crippen LogP contribution in [0.2, 0.25) is 0 Å². The third-order valence-electron chi connectivity index (χ3n) is 8.39. The monoisotopic (exact) mass is 576 g/mol. The molecule has 3 fully saturated rings. The van der Waals surface area contributed by atoms with Gasteiger partial charge in [-0.3, -0.25) is 14.4 Å². The Morgan fingerprint density at radius 1 is 1.10 bits per heavy atom. The predicted molar refractivity (Wildman–Crippen MR) is 149 cm³/mol. The second-order valence-corrected chi connectivity index (χ2v) is 12.8. The number of aliphatic hydroxyl groups is 2. The van der Waals surface area contributed by atoms with E-state index in [1.54, 1.807) is 34.3 Å². The summed E-state index contributed by atoms with van der Waals surface area (Å²) in [6, 6.07) is -1.34. The maximum atomic E-state index is 14.6. The molecule has 0 aromatic rings. The largest absolute Gasteiger partial charge is 0.473 e. The number of piperazine rings is 1. The molecule has 11 heteroatoms. The Balaban J connectivity index is 1.48. The Hall–Kier alpha value is -2.21.